The molecule has 1 heterocycles. The monoisotopic (exact) mass is 339 g/mol. The summed E-state index contributed by atoms with van der Waals surface area (Å²) < 4.78 is 3.15. The van der Waals surface area contributed by atoms with Crippen molar-refractivity contribution in [3.8, 4) is 5.69 Å². The lowest BCUT2D eigenvalue weighted by atomic mass is 10.3. The Balaban J connectivity index is 1.78. The van der Waals surface area contributed by atoms with Gasteiger partial charge in [0.15, 0.2) is 0 Å². The van der Waals surface area contributed by atoms with Crippen LogP contribution in [0.1, 0.15) is 5.69 Å². The molecule has 0 unspecified atom stereocenters. The standard InChI is InChI=1S/C17H14BrN3/c18-14-8-10-16(11-9-14)21-12-4-7-17(21)13-19-20-15-5-2-1-3-6-15/h1-13,20H/b19-13+. The summed E-state index contributed by atoms with van der Waals surface area (Å²) in [5, 5.41) is 4.28. The van der Waals surface area contributed by atoms with Gasteiger partial charge in [0.2, 0.25) is 0 Å². The van der Waals surface area contributed by atoms with Crippen molar-refractivity contribution in [2.75, 3.05) is 5.43 Å². The average Bonchev–Trinajstić information content (AvgIpc) is 2.98. The average molecular weight is 340 g/mol. The number of aromatic nitrogens is 1. The Morgan fingerprint density at radius 3 is 2.43 bits per heavy atom. The highest BCUT2D eigenvalue weighted by Crippen LogP contribution is 2.16. The molecule has 0 spiro atoms. The van der Waals surface area contributed by atoms with E-state index in [0.717, 1.165) is 21.5 Å². The van der Waals surface area contributed by atoms with Crippen molar-refractivity contribution >= 4 is 27.8 Å². The van der Waals surface area contributed by atoms with Gasteiger partial charge in [-0.3, -0.25) is 5.43 Å². The van der Waals surface area contributed by atoms with Crippen LogP contribution in [0.4, 0.5) is 5.69 Å². The summed E-state index contributed by atoms with van der Waals surface area (Å²) in [6, 6.07) is 22.1. The number of nitrogens with zero attached hydrogens (tertiary/aromatic N) is 2. The van der Waals surface area contributed by atoms with Crippen molar-refractivity contribution < 1.29 is 0 Å². The van der Waals surface area contributed by atoms with Crippen molar-refractivity contribution in [3.63, 3.8) is 0 Å². The third kappa shape index (κ3) is 3.41. The van der Waals surface area contributed by atoms with E-state index in [4.69, 9.17) is 0 Å². The minimum absolute atomic E-state index is 0.968. The zero-order valence-electron chi connectivity index (χ0n) is 11.3. The van der Waals surface area contributed by atoms with Gasteiger partial charge in [-0.1, -0.05) is 34.1 Å². The number of hydrazone groups is 1. The smallest absolute Gasteiger partial charge is 0.0712 e. The lowest BCUT2D eigenvalue weighted by molar-refractivity contribution is 1.06. The van der Waals surface area contributed by atoms with E-state index in [-0.39, 0.29) is 0 Å². The van der Waals surface area contributed by atoms with Crippen LogP contribution < -0.4 is 5.43 Å². The molecule has 0 saturated heterocycles. The minimum Gasteiger partial charge on any atom is -0.316 e. The number of rotatable bonds is 4. The Morgan fingerprint density at radius 2 is 1.67 bits per heavy atom. The van der Waals surface area contributed by atoms with Gasteiger partial charge in [0.1, 0.15) is 0 Å². The molecule has 3 rings (SSSR count). The van der Waals surface area contributed by atoms with Crippen LogP contribution in [0.25, 0.3) is 5.69 Å². The maximum Gasteiger partial charge on any atom is 0.0712 e. The Labute approximate surface area is 132 Å². The summed E-state index contributed by atoms with van der Waals surface area (Å²) in [7, 11) is 0. The molecule has 0 fully saturated rings. The summed E-state index contributed by atoms with van der Waals surface area (Å²) >= 11 is 3.45. The van der Waals surface area contributed by atoms with Crippen molar-refractivity contribution in [3.05, 3.63) is 83.1 Å². The first-order valence-electron chi connectivity index (χ1n) is 6.60. The van der Waals surface area contributed by atoms with Crippen LogP contribution in [0, 0.1) is 0 Å². The maximum absolute atomic E-state index is 4.28. The maximum atomic E-state index is 4.28. The molecule has 0 radical (unpaired) electrons. The first-order valence-corrected chi connectivity index (χ1v) is 7.40. The van der Waals surface area contributed by atoms with Crippen molar-refractivity contribution in [1.29, 1.82) is 0 Å². The van der Waals surface area contributed by atoms with Gasteiger partial charge in [-0.05, 0) is 48.5 Å². The molecule has 3 nitrogen and oxygen atoms in total. The third-order valence-corrected chi connectivity index (χ3v) is 3.58. The number of hydrogen-bond donors (Lipinski definition) is 1. The fourth-order valence-electron chi connectivity index (χ4n) is 2.02. The molecule has 0 saturated carbocycles. The van der Waals surface area contributed by atoms with E-state index in [1.807, 2.05) is 67.0 Å². The molecule has 0 bridgehead atoms. The molecule has 0 atom stereocenters. The molecule has 0 aliphatic rings. The number of para-hydroxylation sites is 1. The highest BCUT2D eigenvalue weighted by molar-refractivity contribution is 9.10. The molecular weight excluding hydrogens is 326 g/mol. The van der Waals surface area contributed by atoms with Crippen LogP contribution in [0.2, 0.25) is 0 Å². The second-order valence-corrected chi connectivity index (χ2v) is 5.43. The van der Waals surface area contributed by atoms with Gasteiger partial charge >= 0.3 is 0 Å². The molecular formula is C17H14BrN3. The Hall–Kier alpha value is -2.33. The number of anilines is 1. The van der Waals surface area contributed by atoms with Gasteiger partial charge in [-0.25, -0.2) is 0 Å². The van der Waals surface area contributed by atoms with E-state index in [2.05, 4.69) is 43.2 Å². The minimum atomic E-state index is 0.968. The Bertz CT molecular complexity index is 730. The molecule has 0 aliphatic heterocycles. The fraction of sp³-hybridized carbons (Fsp3) is 0. The van der Waals surface area contributed by atoms with Gasteiger partial charge in [-0.2, -0.15) is 5.10 Å². The summed E-state index contributed by atoms with van der Waals surface area (Å²) in [5.41, 5.74) is 6.10. The number of hydrogen-bond acceptors (Lipinski definition) is 2. The summed E-state index contributed by atoms with van der Waals surface area (Å²) in [6.07, 6.45) is 3.84. The number of halogens is 1. The Morgan fingerprint density at radius 1 is 0.905 bits per heavy atom. The van der Waals surface area contributed by atoms with E-state index >= 15 is 0 Å². The first kappa shape index (κ1) is 13.6. The molecule has 104 valence electrons. The van der Waals surface area contributed by atoms with Crippen LogP contribution >= 0.6 is 15.9 Å². The molecule has 2 aromatic carbocycles. The normalized spacial score (nSPS) is 10.9. The quantitative estimate of drug-likeness (QED) is 0.542. The summed E-state index contributed by atoms with van der Waals surface area (Å²) in [5.74, 6) is 0. The molecule has 0 aliphatic carbocycles. The van der Waals surface area contributed by atoms with Crippen LogP contribution in [-0.4, -0.2) is 10.8 Å². The van der Waals surface area contributed by atoms with Crippen molar-refractivity contribution in [2.24, 2.45) is 5.10 Å². The molecule has 3 aromatic rings. The van der Waals surface area contributed by atoms with Gasteiger partial charge < -0.3 is 4.57 Å². The predicted molar refractivity (Wildman–Crippen MR) is 91.1 cm³/mol. The lowest BCUT2D eigenvalue weighted by Gasteiger charge is -2.06. The highest BCUT2D eigenvalue weighted by atomic mass is 79.9. The van der Waals surface area contributed by atoms with Crippen LogP contribution in [0.3, 0.4) is 0 Å². The van der Waals surface area contributed by atoms with E-state index < -0.39 is 0 Å². The fourth-order valence-corrected chi connectivity index (χ4v) is 2.29. The zero-order valence-corrected chi connectivity index (χ0v) is 12.9. The molecule has 1 aromatic heterocycles. The predicted octanol–water partition coefficient (Wildman–Crippen LogP) is 4.69. The van der Waals surface area contributed by atoms with E-state index in [0.29, 0.717) is 0 Å². The highest BCUT2D eigenvalue weighted by Gasteiger charge is 2.00. The molecule has 0 amide bonds. The van der Waals surface area contributed by atoms with E-state index in [9.17, 15) is 0 Å². The van der Waals surface area contributed by atoms with Gasteiger partial charge in [0, 0.05) is 16.4 Å². The lowest BCUT2D eigenvalue weighted by Crippen LogP contribution is -1.99. The molecule has 1 N–H and O–H groups in total. The van der Waals surface area contributed by atoms with Gasteiger partial charge in [0.25, 0.3) is 0 Å². The van der Waals surface area contributed by atoms with Crippen LogP contribution in [0.15, 0.2) is 82.5 Å². The van der Waals surface area contributed by atoms with Crippen LogP contribution in [-0.2, 0) is 0 Å². The topological polar surface area (TPSA) is 29.3 Å². The number of nitrogens with one attached hydrogen (secondary N) is 1. The largest absolute Gasteiger partial charge is 0.316 e. The third-order valence-electron chi connectivity index (χ3n) is 3.05. The summed E-state index contributed by atoms with van der Waals surface area (Å²) in [4.78, 5) is 0. The van der Waals surface area contributed by atoms with E-state index in [1.54, 1.807) is 0 Å². The van der Waals surface area contributed by atoms with Crippen molar-refractivity contribution in [2.45, 2.75) is 0 Å². The second-order valence-electron chi connectivity index (χ2n) is 4.52. The second kappa shape index (κ2) is 6.41. The van der Waals surface area contributed by atoms with Gasteiger partial charge in [0.05, 0.1) is 17.6 Å². The SMILES string of the molecule is Brc1ccc(-n2cccc2/C=N/Nc2ccccc2)cc1. The zero-order chi connectivity index (χ0) is 14.5. The molecule has 4 heteroatoms. The molecule has 21 heavy (non-hydrogen) atoms. The van der Waals surface area contributed by atoms with Gasteiger partial charge in [-0.15, -0.1) is 0 Å². The van der Waals surface area contributed by atoms with Crippen molar-refractivity contribution in [1.82, 2.24) is 4.57 Å². The van der Waals surface area contributed by atoms with E-state index in [1.165, 1.54) is 0 Å². The summed E-state index contributed by atoms with van der Waals surface area (Å²) in [6.45, 7) is 0. The Kier molecular flexibility index (Phi) is 4.17. The van der Waals surface area contributed by atoms with Crippen LogP contribution in [0.5, 0.6) is 0 Å². The first-order chi connectivity index (χ1) is 10.3. The number of benzene rings is 2.